The Morgan fingerprint density at radius 2 is 2.27 bits per heavy atom. The predicted octanol–water partition coefficient (Wildman–Crippen LogP) is 0.993. The van der Waals surface area contributed by atoms with Gasteiger partial charge < -0.3 is 14.9 Å². The first-order valence-electron chi connectivity index (χ1n) is 7.13. The minimum atomic E-state index is -0.624. The molecular weight excluding hydrogens is 307 g/mol. The van der Waals surface area contributed by atoms with Crippen LogP contribution in [0, 0.1) is 5.82 Å². The molecule has 22 heavy (non-hydrogen) atoms. The topological polar surface area (TPSA) is 60.9 Å². The van der Waals surface area contributed by atoms with Gasteiger partial charge >= 0.3 is 0 Å². The lowest BCUT2D eigenvalue weighted by Crippen LogP contribution is -2.41. The summed E-state index contributed by atoms with van der Waals surface area (Å²) in [4.78, 5) is 27.2. The van der Waals surface area contributed by atoms with E-state index < -0.39 is 6.10 Å². The lowest BCUT2D eigenvalue weighted by atomic mass is 10.0. The number of rotatable bonds is 3. The maximum Gasteiger partial charge on any atom is 0.242 e. The van der Waals surface area contributed by atoms with Crippen molar-refractivity contribution in [1.29, 1.82) is 0 Å². The van der Waals surface area contributed by atoms with Gasteiger partial charge in [0.05, 0.1) is 23.8 Å². The molecule has 0 unspecified atom stereocenters. The third-order valence-electron chi connectivity index (χ3n) is 3.98. The lowest BCUT2D eigenvalue weighted by Gasteiger charge is -2.27. The number of thioether (sulfide) groups is 1. The Bertz CT molecular complexity index is 598. The summed E-state index contributed by atoms with van der Waals surface area (Å²) in [7, 11) is 0. The van der Waals surface area contributed by atoms with Crippen LogP contribution in [0.5, 0.6) is 0 Å². The van der Waals surface area contributed by atoms with Crippen LogP contribution in [-0.4, -0.2) is 57.5 Å². The molecule has 0 radical (unpaired) electrons. The number of nitrogens with zero attached hydrogens (tertiary/aromatic N) is 2. The molecule has 0 bridgehead atoms. The number of carbonyl (C=O) groups is 2. The standard InChI is InChI=1S/C15H17FN2O3S/c16-11-3-1-2-10(4-11)13-5-12(19)6-18(13)14(20)7-17-9-22-8-15(17)21/h1-4,12-13,19H,5-9H2/t12-,13+/m0/s1. The van der Waals surface area contributed by atoms with Crippen LogP contribution < -0.4 is 0 Å². The number of carbonyl (C=O) groups excluding carboxylic acids is 2. The first-order valence-corrected chi connectivity index (χ1v) is 8.28. The first kappa shape index (κ1) is 15.3. The fourth-order valence-electron chi connectivity index (χ4n) is 2.91. The van der Waals surface area contributed by atoms with Crippen molar-refractivity contribution in [2.45, 2.75) is 18.6 Å². The van der Waals surface area contributed by atoms with Crippen LogP contribution in [0.25, 0.3) is 0 Å². The van der Waals surface area contributed by atoms with Crippen LogP contribution in [0.2, 0.25) is 0 Å². The lowest BCUT2D eigenvalue weighted by molar-refractivity contribution is -0.138. The maximum absolute atomic E-state index is 13.4. The Kier molecular flexibility index (Phi) is 4.35. The Balaban J connectivity index is 1.75. The van der Waals surface area contributed by atoms with E-state index in [2.05, 4.69) is 0 Å². The second kappa shape index (κ2) is 6.26. The summed E-state index contributed by atoms with van der Waals surface area (Å²) in [6.07, 6.45) is -0.237. The molecule has 2 saturated heterocycles. The van der Waals surface area contributed by atoms with E-state index in [1.165, 1.54) is 28.8 Å². The number of halogens is 1. The smallest absolute Gasteiger partial charge is 0.242 e. The third kappa shape index (κ3) is 3.10. The van der Waals surface area contributed by atoms with Gasteiger partial charge in [-0.15, -0.1) is 11.8 Å². The Hall–Kier alpha value is -1.60. The number of aliphatic hydroxyl groups is 1. The zero-order valence-electron chi connectivity index (χ0n) is 11.9. The molecule has 1 aromatic rings. The number of hydrogen-bond donors (Lipinski definition) is 1. The zero-order valence-corrected chi connectivity index (χ0v) is 12.8. The Morgan fingerprint density at radius 3 is 2.95 bits per heavy atom. The second-order valence-electron chi connectivity index (χ2n) is 5.58. The van der Waals surface area contributed by atoms with Crippen molar-refractivity contribution < 1.29 is 19.1 Å². The van der Waals surface area contributed by atoms with Crippen molar-refractivity contribution in [2.24, 2.45) is 0 Å². The summed E-state index contributed by atoms with van der Waals surface area (Å²) in [5.41, 5.74) is 0.673. The molecule has 2 amide bonds. The maximum atomic E-state index is 13.4. The van der Waals surface area contributed by atoms with E-state index in [0.717, 1.165) is 0 Å². The van der Waals surface area contributed by atoms with E-state index in [1.54, 1.807) is 17.0 Å². The SMILES string of the molecule is O=C1CSCN1CC(=O)N1C[C@@H](O)C[C@@H]1c1cccc(F)c1. The highest BCUT2D eigenvalue weighted by Crippen LogP contribution is 2.32. The van der Waals surface area contributed by atoms with Crippen LogP contribution in [0.1, 0.15) is 18.0 Å². The minimum Gasteiger partial charge on any atom is -0.391 e. The normalized spacial score (nSPS) is 25.1. The molecule has 0 aromatic heterocycles. The van der Waals surface area contributed by atoms with Crippen LogP contribution in [-0.2, 0) is 9.59 Å². The van der Waals surface area contributed by atoms with E-state index in [0.29, 0.717) is 23.6 Å². The average molecular weight is 324 g/mol. The van der Waals surface area contributed by atoms with E-state index >= 15 is 0 Å². The summed E-state index contributed by atoms with van der Waals surface area (Å²) in [6.45, 7) is 0.236. The molecule has 118 valence electrons. The van der Waals surface area contributed by atoms with Crippen molar-refractivity contribution in [3.63, 3.8) is 0 Å². The van der Waals surface area contributed by atoms with Gasteiger partial charge in [0.25, 0.3) is 0 Å². The average Bonchev–Trinajstić information content (AvgIpc) is 3.05. The molecule has 0 spiro atoms. The number of likely N-dealkylation sites (tertiary alicyclic amines) is 1. The number of benzene rings is 1. The summed E-state index contributed by atoms with van der Waals surface area (Å²) < 4.78 is 13.4. The van der Waals surface area contributed by atoms with Gasteiger partial charge in [0, 0.05) is 6.54 Å². The monoisotopic (exact) mass is 324 g/mol. The molecule has 1 aromatic carbocycles. The molecule has 5 nitrogen and oxygen atoms in total. The predicted molar refractivity (Wildman–Crippen MR) is 80.5 cm³/mol. The van der Waals surface area contributed by atoms with Gasteiger partial charge in [-0.25, -0.2) is 4.39 Å². The number of β-amino-alcohol motifs (C(OH)–C–C–N with tert-alkyl or cyclic N) is 1. The van der Waals surface area contributed by atoms with Gasteiger partial charge in [-0.3, -0.25) is 9.59 Å². The Labute approximate surface area is 132 Å². The van der Waals surface area contributed by atoms with Gasteiger partial charge in [0.15, 0.2) is 0 Å². The summed E-state index contributed by atoms with van der Waals surface area (Å²) in [5.74, 6) is 0.314. The highest BCUT2D eigenvalue weighted by atomic mass is 32.2. The third-order valence-corrected chi connectivity index (χ3v) is 4.93. The van der Waals surface area contributed by atoms with Gasteiger partial charge in [-0.1, -0.05) is 12.1 Å². The van der Waals surface area contributed by atoms with Crippen LogP contribution in [0.15, 0.2) is 24.3 Å². The Morgan fingerprint density at radius 1 is 1.45 bits per heavy atom. The molecule has 1 N–H and O–H groups in total. The highest BCUT2D eigenvalue weighted by molar-refractivity contribution is 8.00. The number of amides is 2. The van der Waals surface area contributed by atoms with Crippen molar-refractivity contribution in [2.75, 3.05) is 24.7 Å². The largest absolute Gasteiger partial charge is 0.391 e. The first-order chi connectivity index (χ1) is 10.5. The fraction of sp³-hybridized carbons (Fsp3) is 0.467. The zero-order chi connectivity index (χ0) is 15.7. The molecule has 2 fully saturated rings. The summed E-state index contributed by atoms with van der Waals surface area (Å²) >= 11 is 1.48. The fourth-order valence-corrected chi connectivity index (χ4v) is 3.82. The van der Waals surface area contributed by atoms with E-state index in [9.17, 15) is 19.1 Å². The van der Waals surface area contributed by atoms with Gasteiger partial charge in [-0.2, -0.15) is 0 Å². The van der Waals surface area contributed by atoms with Gasteiger partial charge in [0.1, 0.15) is 12.4 Å². The van der Waals surface area contributed by atoms with Crippen LogP contribution in [0.3, 0.4) is 0 Å². The number of hydrogen-bond acceptors (Lipinski definition) is 4. The van der Waals surface area contributed by atoms with E-state index in [4.69, 9.17) is 0 Å². The quantitative estimate of drug-likeness (QED) is 0.901. The van der Waals surface area contributed by atoms with Crippen molar-refractivity contribution in [1.82, 2.24) is 9.80 Å². The van der Waals surface area contributed by atoms with E-state index in [-0.39, 0.29) is 36.8 Å². The van der Waals surface area contributed by atoms with Crippen LogP contribution in [0.4, 0.5) is 4.39 Å². The molecule has 3 rings (SSSR count). The van der Waals surface area contributed by atoms with Crippen molar-refractivity contribution in [3.8, 4) is 0 Å². The van der Waals surface area contributed by atoms with E-state index in [1.807, 2.05) is 0 Å². The molecule has 2 atom stereocenters. The molecule has 0 aliphatic carbocycles. The van der Waals surface area contributed by atoms with Gasteiger partial charge in [-0.05, 0) is 24.1 Å². The van der Waals surface area contributed by atoms with Gasteiger partial charge in [0.2, 0.25) is 11.8 Å². The highest BCUT2D eigenvalue weighted by Gasteiger charge is 2.36. The number of aliphatic hydroxyl groups excluding tert-OH is 1. The molecule has 7 heteroatoms. The molecule has 2 heterocycles. The molecule has 0 saturated carbocycles. The molecule has 2 aliphatic rings. The molecular formula is C15H17FN2O3S. The summed E-state index contributed by atoms with van der Waals surface area (Å²) in [6, 6.07) is 5.74. The van der Waals surface area contributed by atoms with Crippen LogP contribution >= 0.6 is 11.8 Å². The second-order valence-corrected chi connectivity index (χ2v) is 6.53. The summed E-state index contributed by atoms with van der Waals surface area (Å²) in [5, 5.41) is 9.89. The van der Waals surface area contributed by atoms with Crippen molar-refractivity contribution >= 4 is 23.6 Å². The minimum absolute atomic E-state index is 0.0182. The van der Waals surface area contributed by atoms with Crippen molar-refractivity contribution in [3.05, 3.63) is 35.6 Å². The molecule has 2 aliphatic heterocycles.